The molecule has 0 spiro atoms. The largest absolute Gasteiger partial charge is 0.543 e. The Bertz CT molecular complexity index is 231. The maximum Gasteiger partial charge on any atom is 0.0995 e. The van der Waals surface area contributed by atoms with Crippen LogP contribution in [0.4, 0.5) is 0 Å². The van der Waals surface area contributed by atoms with Gasteiger partial charge in [-0.2, -0.15) is 0 Å². The lowest BCUT2D eigenvalue weighted by molar-refractivity contribution is -0.255. The maximum atomic E-state index is 10.1. The average molecular weight is 142 g/mol. The number of rotatable bonds is 1. The number of hydrogen-bond acceptors (Lipinski definition) is 4. The fourth-order valence-corrected chi connectivity index (χ4v) is 1.07. The van der Waals surface area contributed by atoms with Gasteiger partial charge in [-0.1, -0.05) is 0 Å². The van der Waals surface area contributed by atoms with Crippen LogP contribution in [-0.2, 0) is 0 Å². The second-order valence-corrected chi connectivity index (χ2v) is 2.60. The Labute approximate surface area is 56.0 Å². The number of thiazole rings is 1. The second-order valence-electron chi connectivity index (χ2n) is 1.54. The van der Waals surface area contributed by atoms with Crippen LogP contribution in [0.5, 0.6) is 0 Å². The van der Waals surface area contributed by atoms with Crippen molar-refractivity contribution in [3.63, 3.8) is 0 Å². The molecule has 9 heavy (non-hydrogen) atoms. The molecule has 0 aliphatic heterocycles. The van der Waals surface area contributed by atoms with E-state index >= 15 is 0 Å². The van der Waals surface area contributed by atoms with E-state index in [1.807, 2.05) is 0 Å². The lowest BCUT2D eigenvalue weighted by atomic mass is 10.4. The highest BCUT2D eigenvalue weighted by atomic mass is 32.1. The van der Waals surface area contributed by atoms with Crippen molar-refractivity contribution in [2.45, 2.75) is 6.92 Å². The quantitative estimate of drug-likeness (QED) is 0.546. The zero-order valence-electron chi connectivity index (χ0n) is 4.75. The molecule has 1 rings (SSSR count). The molecule has 0 unspecified atom stereocenters. The molecule has 48 valence electrons. The number of aromatic carboxylic acids is 1. The van der Waals surface area contributed by atoms with E-state index in [4.69, 9.17) is 0 Å². The van der Waals surface area contributed by atoms with Gasteiger partial charge in [0, 0.05) is 4.88 Å². The minimum absolute atomic E-state index is 0.0556. The Balaban J connectivity index is 3.08. The van der Waals surface area contributed by atoms with E-state index in [9.17, 15) is 9.90 Å². The first kappa shape index (κ1) is 6.22. The molecule has 0 radical (unpaired) electrons. The molecule has 0 fully saturated rings. The molecule has 0 saturated heterocycles. The minimum Gasteiger partial charge on any atom is -0.543 e. The molecule has 0 aliphatic carbocycles. The fourth-order valence-electron chi connectivity index (χ4n) is 0.501. The molecule has 1 aromatic heterocycles. The third kappa shape index (κ3) is 1.08. The normalized spacial score (nSPS) is 9.44. The van der Waals surface area contributed by atoms with Crippen molar-refractivity contribution in [3.8, 4) is 0 Å². The summed E-state index contributed by atoms with van der Waals surface area (Å²) in [6.45, 7) is 1.70. The van der Waals surface area contributed by atoms with Gasteiger partial charge in [-0.3, -0.25) is 0 Å². The SMILES string of the molecule is Cc1scnc1C(=O)[O-]. The molecule has 0 N–H and O–H groups in total. The first-order chi connectivity index (χ1) is 4.22. The molecule has 0 saturated carbocycles. The van der Waals surface area contributed by atoms with Gasteiger partial charge in [0.15, 0.2) is 0 Å². The van der Waals surface area contributed by atoms with Gasteiger partial charge < -0.3 is 9.90 Å². The van der Waals surface area contributed by atoms with E-state index in [-0.39, 0.29) is 5.69 Å². The standard InChI is InChI=1S/C5H5NO2S/c1-3-4(5(7)8)6-2-9-3/h2H,1H3,(H,7,8)/p-1. The van der Waals surface area contributed by atoms with Crippen LogP contribution in [-0.4, -0.2) is 11.0 Å². The summed E-state index contributed by atoms with van der Waals surface area (Å²) >= 11 is 1.30. The van der Waals surface area contributed by atoms with E-state index in [1.165, 1.54) is 16.8 Å². The molecule has 1 aromatic rings. The summed E-state index contributed by atoms with van der Waals surface area (Å²) in [4.78, 5) is 14.4. The van der Waals surface area contributed by atoms with E-state index in [2.05, 4.69) is 4.98 Å². The van der Waals surface area contributed by atoms with Crippen molar-refractivity contribution >= 4 is 17.3 Å². The zero-order chi connectivity index (χ0) is 6.85. The van der Waals surface area contributed by atoms with E-state index in [0.29, 0.717) is 4.88 Å². The first-order valence-corrected chi connectivity index (χ1v) is 3.21. The van der Waals surface area contributed by atoms with Gasteiger partial charge in [-0.05, 0) is 6.92 Å². The third-order valence-electron chi connectivity index (χ3n) is 0.938. The highest BCUT2D eigenvalue weighted by molar-refractivity contribution is 7.09. The van der Waals surface area contributed by atoms with Crippen molar-refractivity contribution in [2.24, 2.45) is 0 Å². The number of aromatic nitrogens is 1. The highest BCUT2D eigenvalue weighted by Gasteiger charge is 1.99. The molecule has 0 bridgehead atoms. The molecule has 4 heteroatoms. The molecule has 0 aromatic carbocycles. The minimum atomic E-state index is -1.20. The predicted molar refractivity (Wildman–Crippen MR) is 31.2 cm³/mol. The van der Waals surface area contributed by atoms with Gasteiger partial charge in [-0.25, -0.2) is 4.98 Å². The van der Waals surface area contributed by atoms with Crippen molar-refractivity contribution in [3.05, 3.63) is 16.1 Å². The zero-order valence-corrected chi connectivity index (χ0v) is 5.57. The van der Waals surface area contributed by atoms with Crippen LogP contribution >= 0.6 is 11.3 Å². The average Bonchev–Trinajstić information content (AvgIpc) is 2.13. The molecule has 1 heterocycles. The van der Waals surface area contributed by atoms with Crippen LogP contribution < -0.4 is 5.11 Å². The summed E-state index contributed by atoms with van der Waals surface area (Å²) in [5, 5.41) is 10.1. The topological polar surface area (TPSA) is 53.0 Å². The summed E-state index contributed by atoms with van der Waals surface area (Å²) in [6.07, 6.45) is 0. The van der Waals surface area contributed by atoms with E-state index < -0.39 is 5.97 Å². The van der Waals surface area contributed by atoms with Gasteiger partial charge in [0.2, 0.25) is 0 Å². The number of nitrogens with zero attached hydrogens (tertiary/aromatic N) is 1. The summed E-state index contributed by atoms with van der Waals surface area (Å²) < 4.78 is 0. The predicted octanol–water partition coefficient (Wildman–Crippen LogP) is -0.185. The number of carboxylic acid groups (broad SMARTS) is 1. The van der Waals surface area contributed by atoms with E-state index in [1.54, 1.807) is 6.92 Å². The first-order valence-electron chi connectivity index (χ1n) is 2.33. The van der Waals surface area contributed by atoms with Gasteiger partial charge in [0.05, 0.1) is 17.2 Å². The number of aryl methyl sites for hydroxylation is 1. The summed E-state index contributed by atoms with van der Waals surface area (Å²) in [7, 11) is 0. The van der Waals surface area contributed by atoms with Crippen molar-refractivity contribution in [1.82, 2.24) is 4.98 Å². The Morgan fingerprint density at radius 3 is 2.78 bits per heavy atom. The Hall–Kier alpha value is -0.900. The number of carboxylic acids is 1. The smallest absolute Gasteiger partial charge is 0.0995 e. The monoisotopic (exact) mass is 142 g/mol. The van der Waals surface area contributed by atoms with Crippen LogP contribution in [0.25, 0.3) is 0 Å². The van der Waals surface area contributed by atoms with Gasteiger partial charge in [-0.15, -0.1) is 11.3 Å². The summed E-state index contributed by atoms with van der Waals surface area (Å²) in [5.41, 5.74) is 1.54. The molecule has 0 aliphatic rings. The van der Waals surface area contributed by atoms with E-state index in [0.717, 1.165) is 0 Å². The number of hydrogen-bond donors (Lipinski definition) is 0. The molecule has 3 nitrogen and oxygen atoms in total. The number of carbonyl (C=O) groups is 1. The molecule has 0 amide bonds. The van der Waals surface area contributed by atoms with Gasteiger partial charge in [0.1, 0.15) is 0 Å². The maximum absolute atomic E-state index is 10.1. The second kappa shape index (κ2) is 2.14. The lowest BCUT2D eigenvalue weighted by Gasteiger charge is -1.95. The molecular weight excluding hydrogens is 138 g/mol. The van der Waals surface area contributed by atoms with Crippen LogP contribution in [0.15, 0.2) is 5.51 Å². The van der Waals surface area contributed by atoms with Crippen LogP contribution in [0.1, 0.15) is 15.4 Å². The molecular formula is C5H4NO2S-. The Kier molecular flexibility index (Phi) is 1.48. The van der Waals surface area contributed by atoms with Crippen LogP contribution in [0.3, 0.4) is 0 Å². The third-order valence-corrected chi connectivity index (χ3v) is 1.70. The van der Waals surface area contributed by atoms with Gasteiger partial charge in [0.25, 0.3) is 0 Å². The Morgan fingerprint density at radius 1 is 1.89 bits per heavy atom. The fraction of sp³-hybridized carbons (Fsp3) is 0.200. The number of carbonyl (C=O) groups excluding carboxylic acids is 1. The van der Waals surface area contributed by atoms with Crippen molar-refractivity contribution in [2.75, 3.05) is 0 Å². The summed E-state index contributed by atoms with van der Waals surface area (Å²) in [5.74, 6) is -1.20. The van der Waals surface area contributed by atoms with Crippen molar-refractivity contribution < 1.29 is 9.90 Å². The van der Waals surface area contributed by atoms with Crippen LogP contribution in [0, 0.1) is 6.92 Å². The highest BCUT2D eigenvalue weighted by Crippen LogP contribution is 2.09. The van der Waals surface area contributed by atoms with Crippen molar-refractivity contribution in [1.29, 1.82) is 0 Å². The molecule has 0 atom stereocenters. The van der Waals surface area contributed by atoms with Crippen LogP contribution in [0.2, 0.25) is 0 Å². The lowest BCUT2D eigenvalue weighted by Crippen LogP contribution is -2.23. The van der Waals surface area contributed by atoms with Gasteiger partial charge >= 0.3 is 0 Å². The Morgan fingerprint density at radius 2 is 2.56 bits per heavy atom. The summed E-state index contributed by atoms with van der Waals surface area (Å²) in [6, 6.07) is 0.